The molecule has 0 spiro atoms. The molecule has 0 aromatic heterocycles. The first kappa shape index (κ1) is 8.43. The molecule has 1 aliphatic carbocycles. The maximum Gasteiger partial charge on any atom is 0.374 e. The van der Waals surface area contributed by atoms with Crippen LogP contribution in [0, 0.1) is 0 Å². The molecule has 1 rings (SSSR count). The van der Waals surface area contributed by atoms with Gasteiger partial charge in [-0.25, -0.2) is 4.79 Å². The van der Waals surface area contributed by atoms with Crippen molar-refractivity contribution >= 4 is 5.97 Å². The highest BCUT2D eigenvalue weighted by Gasteiger charge is 2.37. The van der Waals surface area contributed by atoms with Crippen LogP contribution in [0.2, 0.25) is 0 Å². The van der Waals surface area contributed by atoms with Gasteiger partial charge in [0, 0.05) is 0 Å². The zero-order valence-corrected chi connectivity index (χ0v) is 6.27. The standard InChI is InChI=1S/C7H10F2O2/c1-7(3-2-4-7)11-6(10)5(8)9/h5H,2-4H2,1H3. The van der Waals surface area contributed by atoms with Crippen LogP contribution in [0.4, 0.5) is 8.78 Å². The molecule has 0 aromatic carbocycles. The molecule has 0 aromatic rings. The van der Waals surface area contributed by atoms with E-state index in [1.165, 1.54) is 0 Å². The molecule has 0 atom stereocenters. The molecule has 2 nitrogen and oxygen atoms in total. The van der Waals surface area contributed by atoms with Crippen LogP contribution in [-0.4, -0.2) is 18.0 Å². The van der Waals surface area contributed by atoms with E-state index in [-0.39, 0.29) is 0 Å². The highest BCUT2D eigenvalue weighted by Crippen LogP contribution is 2.35. The Labute approximate surface area is 63.5 Å². The summed E-state index contributed by atoms with van der Waals surface area (Å²) >= 11 is 0. The largest absolute Gasteiger partial charge is 0.455 e. The second kappa shape index (κ2) is 2.75. The van der Waals surface area contributed by atoms with Gasteiger partial charge in [-0.1, -0.05) is 0 Å². The van der Waals surface area contributed by atoms with E-state index in [0.717, 1.165) is 6.42 Å². The summed E-state index contributed by atoms with van der Waals surface area (Å²) in [5.74, 6) is -1.40. The van der Waals surface area contributed by atoms with Gasteiger partial charge in [-0.15, -0.1) is 0 Å². The van der Waals surface area contributed by atoms with Crippen LogP contribution in [0.25, 0.3) is 0 Å². The van der Waals surface area contributed by atoms with Crippen molar-refractivity contribution in [3.8, 4) is 0 Å². The number of carbonyl (C=O) groups is 1. The van der Waals surface area contributed by atoms with Crippen LogP contribution in [0.5, 0.6) is 0 Å². The molecule has 1 aliphatic rings. The fourth-order valence-corrected chi connectivity index (χ4v) is 1.06. The Morgan fingerprint density at radius 2 is 2.09 bits per heavy atom. The summed E-state index contributed by atoms with van der Waals surface area (Å²) in [6.07, 6.45) is -0.642. The average Bonchev–Trinajstić information content (AvgIpc) is 1.84. The molecule has 0 amide bonds. The van der Waals surface area contributed by atoms with Gasteiger partial charge in [0.25, 0.3) is 0 Å². The molecule has 64 valence electrons. The summed E-state index contributed by atoms with van der Waals surface area (Å²) in [6.45, 7) is 1.68. The van der Waals surface area contributed by atoms with Crippen LogP contribution in [0.1, 0.15) is 26.2 Å². The Bertz CT molecular complexity index is 164. The third-order valence-electron chi connectivity index (χ3n) is 1.94. The van der Waals surface area contributed by atoms with E-state index in [2.05, 4.69) is 4.74 Å². The molecule has 0 heterocycles. The van der Waals surface area contributed by atoms with Gasteiger partial charge in [0.05, 0.1) is 0 Å². The van der Waals surface area contributed by atoms with Gasteiger partial charge in [0.2, 0.25) is 0 Å². The van der Waals surface area contributed by atoms with E-state index in [9.17, 15) is 13.6 Å². The number of rotatable bonds is 2. The first-order chi connectivity index (χ1) is 5.03. The van der Waals surface area contributed by atoms with Crippen LogP contribution in [0.3, 0.4) is 0 Å². The quantitative estimate of drug-likeness (QED) is 0.581. The van der Waals surface area contributed by atoms with Crippen LogP contribution < -0.4 is 0 Å². The van der Waals surface area contributed by atoms with Gasteiger partial charge in [-0.05, 0) is 26.2 Å². The van der Waals surface area contributed by atoms with Crippen molar-refractivity contribution in [1.29, 1.82) is 0 Å². The summed E-state index contributed by atoms with van der Waals surface area (Å²) in [5, 5.41) is 0. The minimum absolute atomic E-state index is 0.604. The molecule has 11 heavy (non-hydrogen) atoms. The number of ether oxygens (including phenoxy) is 1. The average molecular weight is 164 g/mol. The van der Waals surface area contributed by atoms with Crippen molar-refractivity contribution in [2.24, 2.45) is 0 Å². The molecule has 0 aliphatic heterocycles. The van der Waals surface area contributed by atoms with Crippen molar-refractivity contribution in [2.45, 2.75) is 38.2 Å². The van der Waals surface area contributed by atoms with Gasteiger partial charge in [-0.3, -0.25) is 0 Å². The van der Waals surface area contributed by atoms with Crippen molar-refractivity contribution in [3.63, 3.8) is 0 Å². The van der Waals surface area contributed by atoms with Gasteiger partial charge in [0.15, 0.2) is 0 Å². The second-order valence-electron chi connectivity index (χ2n) is 3.03. The molecule has 0 saturated heterocycles. The predicted molar refractivity (Wildman–Crippen MR) is 34.4 cm³/mol. The fraction of sp³-hybridized carbons (Fsp3) is 0.857. The lowest BCUT2D eigenvalue weighted by Gasteiger charge is -2.37. The van der Waals surface area contributed by atoms with Crippen molar-refractivity contribution < 1.29 is 18.3 Å². The minimum atomic E-state index is -2.99. The molecular weight excluding hydrogens is 154 g/mol. The van der Waals surface area contributed by atoms with Crippen molar-refractivity contribution in [2.75, 3.05) is 0 Å². The molecule has 4 heteroatoms. The number of hydrogen-bond acceptors (Lipinski definition) is 2. The summed E-state index contributed by atoms with van der Waals surface area (Å²) < 4.78 is 27.8. The van der Waals surface area contributed by atoms with E-state index >= 15 is 0 Å². The summed E-state index contributed by atoms with van der Waals surface area (Å²) in [5.41, 5.74) is -0.604. The first-order valence-corrected chi connectivity index (χ1v) is 3.54. The van der Waals surface area contributed by atoms with Crippen LogP contribution in [-0.2, 0) is 9.53 Å². The normalized spacial score (nSPS) is 21.1. The lowest BCUT2D eigenvalue weighted by molar-refractivity contribution is -0.179. The molecule has 0 N–H and O–H groups in total. The van der Waals surface area contributed by atoms with E-state index in [1.807, 2.05) is 0 Å². The number of esters is 1. The van der Waals surface area contributed by atoms with Gasteiger partial charge >= 0.3 is 12.4 Å². The first-order valence-electron chi connectivity index (χ1n) is 3.54. The lowest BCUT2D eigenvalue weighted by Crippen LogP contribution is -2.40. The van der Waals surface area contributed by atoms with Gasteiger partial charge in [-0.2, -0.15) is 8.78 Å². The number of hydrogen-bond donors (Lipinski definition) is 0. The number of carbonyl (C=O) groups excluding carboxylic acids is 1. The molecule has 1 fully saturated rings. The maximum atomic E-state index is 11.6. The van der Waals surface area contributed by atoms with Gasteiger partial charge in [0.1, 0.15) is 5.60 Å². The molecule has 0 radical (unpaired) electrons. The third-order valence-corrected chi connectivity index (χ3v) is 1.94. The molecule has 1 saturated carbocycles. The summed E-state index contributed by atoms with van der Waals surface area (Å²) in [6, 6.07) is 0. The second-order valence-corrected chi connectivity index (χ2v) is 3.03. The molecular formula is C7H10F2O2. The lowest BCUT2D eigenvalue weighted by atomic mass is 9.82. The Hall–Kier alpha value is -0.670. The van der Waals surface area contributed by atoms with E-state index in [0.29, 0.717) is 12.8 Å². The molecule has 0 unspecified atom stereocenters. The summed E-state index contributed by atoms with van der Waals surface area (Å²) in [4.78, 5) is 10.4. The molecule has 0 bridgehead atoms. The third kappa shape index (κ3) is 1.88. The Kier molecular flexibility index (Phi) is 2.11. The monoisotopic (exact) mass is 164 g/mol. The minimum Gasteiger partial charge on any atom is -0.455 e. The Morgan fingerprint density at radius 3 is 2.36 bits per heavy atom. The maximum absolute atomic E-state index is 11.6. The van der Waals surface area contributed by atoms with E-state index < -0.39 is 18.0 Å². The van der Waals surface area contributed by atoms with Crippen LogP contribution >= 0.6 is 0 Å². The van der Waals surface area contributed by atoms with Gasteiger partial charge < -0.3 is 4.74 Å². The van der Waals surface area contributed by atoms with Crippen molar-refractivity contribution in [3.05, 3.63) is 0 Å². The number of halogens is 2. The SMILES string of the molecule is CC1(OC(=O)C(F)F)CCC1. The predicted octanol–water partition coefficient (Wildman–Crippen LogP) is 1.74. The van der Waals surface area contributed by atoms with Crippen molar-refractivity contribution in [1.82, 2.24) is 0 Å². The fourth-order valence-electron chi connectivity index (χ4n) is 1.06. The van der Waals surface area contributed by atoms with Crippen LogP contribution in [0.15, 0.2) is 0 Å². The summed E-state index contributed by atoms with van der Waals surface area (Å²) in [7, 11) is 0. The highest BCUT2D eigenvalue weighted by molar-refractivity contribution is 5.73. The van der Waals surface area contributed by atoms with E-state index in [4.69, 9.17) is 0 Å². The smallest absolute Gasteiger partial charge is 0.374 e. The number of alkyl halides is 2. The topological polar surface area (TPSA) is 26.3 Å². The highest BCUT2D eigenvalue weighted by atomic mass is 19.3. The Morgan fingerprint density at radius 1 is 1.55 bits per heavy atom. The van der Waals surface area contributed by atoms with E-state index in [1.54, 1.807) is 6.92 Å². The Balaban J connectivity index is 2.35. The zero-order valence-electron chi connectivity index (χ0n) is 6.27. The zero-order chi connectivity index (χ0) is 8.48.